The summed E-state index contributed by atoms with van der Waals surface area (Å²) in [5.74, 6) is 0.667. The fraction of sp³-hybridized carbons (Fsp3) is 0.385. The zero-order chi connectivity index (χ0) is 12.4. The van der Waals surface area contributed by atoms with Crippen molar-refractivity contribution in [2.24, 2.45) is 0 Å². The van der Waals surface area contributed by atoms with E-state index in [1.54, 1.807) is 0 Å². The van der Waals surface area contributed by atoms with Crippen molar-refractivity contribution in [1.82, 2.24) is 9.97 Å². The number of aromatic nitrogens is 2. The third kappa shape index (κ3) is 2.62. The minimum atomic E-state index is 0.300. The number of ether oxygens (including phenoxy) is 1. The van der Waals surface area contributed by atoms with Crippen molar-refractivity contribution in [2.75, 3.05) is 18.5 Å². The molecule has 2 heterocycles. The summed E-state index contributed by atoms with van der Waals surface area (Å²) in [6, 6.07) is 5.98. The molecule has 1 aliphatic heterocycles. The van der Waals surface area contributed by atoms with Crippen LogP contribution in [0.3, 0.4) is 0 Å². The molecule has 0 radical (unpaired) electrons. The summed E-state index contributed by atoms with van der Waals surface area (Å²) in [7, 11) is 0. The third-order valence-electron chi connectivity index (χ3n) is 3.05. The minimum absolute atomic E-state index is 0.300. The maximum absolute atomic E-state index is 5.55. The van der Waals surface area contributed by atoms with Gasteiger partial charge >= 0.3 is 0 Å². The smallest absolute Gasteiger partial charge is 0.223 e. The van der Waals surface area contributed by atoms with Crippen molar-refractivity contribution < 1.29 is 4.74 Å². The first-order valence-corrected chi connectivity index (χ1v) is 6.88. The Morgan fingerprint density at radius 3 is 3.22 bits per heavy atom. The number of anilines is 1. The molecule has 3 rings (SSSR count). The van der Waals surface area contributed by atoms with E-state index in [2.05, 4.69) is 31.2 Å². The zero-order valence-electron chi connectivity index (χ0n) is 9.90. The van der Waals surface area contributed by atoms with Gasteiger partial charge in [0.25, 0.3) is 0 Å². The van der Waals surface area contributed by atoms with Gasteiger partial charge < -0.3 is 10.1 Å². The number of halogens is 1. The van der Waals surface area contributed by atoms with Crippen LogP contribution < -0.4 is 5.32 Å². The fourth-order valence-corrected chi connectivity index (χ4v) is 2.48. The van der Waals surface area contributed by atoms with Crippen molar-refractivity contribution >= 4 is 32.8 Å². The molecule has 18 heavy (non-hydrogen) atoms. The lowest BCUT2D eigenvalue weighted by molar-refractivity contribution is 0.120. The van der Waals surface area contributed by atoms with Crippen LogP contribution in [-0.4, -0.2) is 29.2 Å². The largest absolute Gasteiger partial charge is 0.376 e. The van der Waals surface area contributed by atoms with Gasteiger partial charge in [-0.25, -0.2) is 9.97 Å². The van der Waals surface area contributed by atoms with Crippen LogP contribution >= 0.6 is 15.9 Å². The summed E-state index contributed by atoms with van der Waals surface area (Å²) in [5, 5.41) is 4.27. The van der Waals surface area contributed by atoms with E-state index in [-0.39, 0.29) is 0 Å². The fourth-order valence-electron chi connectivity index (χ4n) is 2.10. The topological polar surface area (TPSA) is 47.0 Å². The molecule has 94 valence electrons. The second-order valence-electron chi connectivity index (χ2n) is 4.41. The van der Waals surface area contributed by atoms with Crippen molar-refractivity contribution in [3.63, 3.8) is 0 Å². The van der Waals surface area contributed by atoms with Gasteiger partial charge in [-0.05, 0) is 31.0 Å². The molecule has 1 fully saturated rings. The maximum Gasteiger partial charge on any atom is 0.223 e. The molecule has 4 nitrogen and oxygen atoms in total. The van der Waals surface area contributed by atoms with Crippen molar-refractivity contribution in [1.29, 1.82) is 0 Å². The highest BCUT2D eigenvalue weighted by atomic mass is 79.9. The summed E-state index contributed by atoms with van der Waals surface area (Å²) in [6.07, 6.45) is 4.41. The second kappa shape index (κ2) is 5.20. The van der Waals surface area contributed by atoms with Crippen LogP contribution in [0.15, 0.2) is 28.9 Å². The van der Waals surface area contributed by atoms with Gasteiger partial charge in [0, 0.05) is 29.2 Å². The third-order valence-corrected chi connectivity index (χ3v) is 3.55. The van der Waals surface area contributed by atoms with Crippen molar-refractivity contribution in [3.8, 4) is 0 Å². The van der Waals surface area contributed by atoms with Gasteiger partial charge in [0.05, 0.1) is 11.6 Å². The summed E-state index contributed by atoms with van der Waals surface area (Å²) >= 11 is 3.44. The zero-order valence-corrected chi connectivity index (χ0v) is 11.5. The maximum atomic E-state index is 5.55. The molecule has 0 aliphatic carbocycles. The number of fused-ring (bicyclic) bond motifs is 1. The molecule has 0 bridgehead atoms. The monoisotopic (exact) mass is 307 g/mol. The Morgan fingerprint density at radius 2 is 2.39 bits per heavy atom. The van der Waals surface area contributed by atoms with E-state index in [0.717, 1.165) is 41.4 Å². The Hall–Kier alpha value is -1.20. The predicted octanol–water partition coefficient (Wildman–Crippen LogP) is 2.98. The second-order valence-corrected chi connectivity index (χ2v) is 5.33. The molecule has 1 saturated heterocycles. The number of rotatable bonds is 3. The molecule has 0 saturated carbocycles. The molecule has 2 aromatic rings. The van der Waals surface area contributed by atoms with E-state index >= 15 is 0 Å². The Bertz CT molecular complexity index is 555. The molecule has 0 amide bonds. The Morgan fingerprint density at radius 1 is 1.44 bits per heavy atom. The molecular weight excluding hydrogens is 294 g/mol. The molecular formula is C13H14BrN3O. The van der Waals surface area contributed by atoms with Crippen LogP contribution in [0, 0.1) is 0 Å². The van der Waals surface area contributed by atoms with Gasteiger partial charge in [-0.3, -0.25) is 0 Å². The van der Waals surface area contributed by atoms with Gasteiger partial charge in [-0.2, -0.15) is 0 Å². The molecule has 1 aliphatic rings. The molecule has 1 atom stereocenters. The van der Waals surface area contributed by atoms with E-state index in [1.807, 2.05) is 24.4 Å². The van der Waals surface area contributed by atoms with Crippen LogP contribution in [0.1, 0.15) is 12.8 Å². The van der Waals surface area contributed by atoms with Gasteiger partial charge in [0.15, 0.2) is 0 Å². The molecule has 1 unspecified atom stereocenters. The van der Waals surface area contributed by atoms with E-state index in [4.69, 9.17) is 4.74 Å². The average molecular weight is 308 g/mol. The number of nitrogens with one attached hydrogen (secondary N) is 1. The lowest BCUT2D eigenvalue weighted by Crippen LogP contribution is -2.19. The van der Waals surface area contributed by atoms with Crippen molar-refractivity contribution in [3.05, 3.63) is 28.9 Å². The first-order chi connectivity index (χ1) is 8.81. The van der Waals surface area contributed by atoms with Gasteiger partial charge in [0.2, 0.25) is 5.95 Å². The van der Waals surface area contributed by atoms with Crippen LogP contribution in [0.5, 0.6) is 0 Å². The van der Waals surface area contributed by atoms with E-state index < -0.39 is 0 Å². The normalized spacial score (nSPS) is 19.3. The molecule has 1 aromatic heterocycles. The number of benzene rings is 1. The van der Waals surface area contributed by atoms with Crippen LogP contribution in [0.25, 0.3) is 10.9 Å². The van der Waals surface area contributed by atoms with Gasteiger partial charge in [-0.15, -0.1) is 0 Å². The highest BCUT2D eigenvalue weighted by molar-refractivity contribution is 9.10. The lowest BCUT2D eigenvalue weighted by Gasteiger charge is -2.10. The predicted molar refractivity (Wildman–Crippen MR) is 74.7 cm³/mol. The molecule has 1 N–H and O–H groups in total. The summed E-state index contributed by atoms with van der Waals surface area (Å²) < 4.78 is 6.59. The Labute approximate surface area is 114 Å². The Kier molecular flexibility index (Phi) is 3.43. The number of nitrogens with zero attached hydrogens (tertiary/aromatic N) is 2. The van der Waals surface area contributed by atoms with Gasteiger partial charge in [-0.1, -0.05) is 15.9 Å². The number of hydrogen-bond donors (Lipinski definition) is 1. The lowest BCUT2D eigenvalue weighted by atomic mass is 10.2. The first-order valence-electron chi connectivity index (χ1n) is 6.09. The van der Waals surface area contributed by atoms with Crippen LogP contribution in [-0.2, 0) is 4.74 Å². The highest BCUT2D eigenvalue weighted by Crippen LogP contribution is 2.19. The number of hydrogen-bond acceptors (Lipinski definition) is 4. The summed E-state index contributed by atoms with van der Waals surface area (Å²) in [5.41, 5.74) is 0.947. The molecule has 0 spiro atoms. The standard InChI is InChI=1S/C13H14BrN3O/c14-10-3-4-12-9(6-10)7-15-13(17-12)16-8-11-2-1-5-18-11/h3-4,6-7,11H,1-2,5,8H2,(H,15,16,17). The Balaban J connectivity index is 1.74. The average Bonchev–Trinajstić information content (AvgIpc) is 2.89. The SMILES string of the molecule is Brc1ccc2nc(NCC3CCCO3)ncc2c1. The minimum Gasteiger partial charge on any atom is -0.376 e. The quantitative estimate of drug-likeness (QED) is 0.947. The van der Waals surface area contributed by atoms with E-state index in [1.165, 1.54) is 0 Å². The van der Waals surface area contributed by atoms with Gasteiger partial charge in [0.1, 0.15) is 0 Å². The van der Waals surface area contributed by atoms with Crippen LogP contribution in [0.2, 0.25) is 0 Å². The first kappa shape index (κ1) is 11.9. The van der Waals surface area contributed by atoms with E-state index in [9.17, 15) is 0 Å². The van der Waals surface area contributed by atoms with E-state index in [0.29, 0.717) is 12.1 Å². The highest BCUT2D eigenvalue weighted by Gasteiger charge is 2.15. The van der Waals surface area contributed by atoms with Crippen molar-refractivity contribution in [2.45, 2.75) is 18.9 Å². The molecule has 1 aromatic carbocycles. The van der Waals surface area contributed by atoms with Crippen LogP contribution in [0.4, 0.5) is 5.95 Å². The summed E-state index contributed by atoms with van der Waals surface area (Å²) in [4.78, 5) is 8.79. The summed E-state index contributed by atoms with van der Waals surface area (Å²) in [6.45, 7) is 1.65. The molecule has 5 heteroatoms.